The Balaban J connectivity index is 1.24. The smallest absolute Gasteiger partial charge is 0.101 e. The summed E-state index contributed by atoms with van der Waals surface area (Å²) in [5, 5.41) is 33.9. The van der Waals surface area contributed by atoms with Crippen LogP contribution in [-0.2, 0) is 0 Å². The standard InChI is InChI=1S/C45H25N5/c46-26-29-16-22-43(50-42-15-6-4-12-37(42)40-25-30(27-47)17-23-44(40)50)39(24-29)35-10-2-1-9-34(35)31-18-20-33(21-19-31)49-41-14-5-3-11-36(41)38-13-7-8-32(28-48)45(38)49/h1-25H. The summed E-state index contributed by atoms with van der Waals surface area (Å²) < 4.78 is 4.41. The van der Waals surface area contributed by atoms with Crippen LogP contribution in [0.3, 0.4) is 0 Å². The van der Waals surface area contributed by atoms with Crippen LogP contribution in [-0.4, -0.2) is 9.13 Å². The molecule has 0 aliphatic heterocycles. The maximum atomic E-state index is 10.0. The molecule has 0 atom stereocenters. The van der Waals surface area contributed by atoms with E-state index in [4.69, 9.17) is 0 Å². The lowest BCUT2D eigenvalue weighted by atomic mass is 9.92. The summed E-state index contributed by atoms with van der Waals surface area (Å²) in [6.45, 7) is 0. The Morgan fingerprint density at radius 1 is 0.400 bits per heavy atom. The number of hydrogen-bond donors (Lipinski definition) is 0. The SMILES string of the molecule is N#Cc1ccc(-n2c3ccccc3c3cc(C#N)ccc32)c(-c2ccccc2-c2ccc(-n3c4ccccc4c4cccc(C#N)c43)cc2)c1. The molecule has 0 bridgehead atoms. The number of aromatic nitrogens is 2. The quantitative estimate of drug-likeness (QED) is 0.193. The van der Waals surface area contributed by atoms with Gasteiger partial charge in [-0.1, -0.05) is 84.9 Å². The highest BCUT2D eigenvalue weighted by Crippen LogP contribution is 2.41. The largest absolute Gasteiger partial charge is 0.309 e. The van der Waals surface area contributed by atoms with E-state index < -0.39 is 0 Å². The second-order valence-electron chi connectivity index (χ2n) is 12.3. The minimum Gasteiger partial charge on any atom is -0.309 e. The van der Waals surface area contributed by atoms with Crippen molar-refractivity contribution in [2.24, 2.45) is 0 Å². The van der Waals surface area contributed by atoms with Gasteiger partial charge in [-0.2, -0.15) is 15.8 Å². The summed E-state index contributed by atoms with van der Waals surface area (Å²) in [6, 6.07) is 57.8. The van der Waals surface area contributed by atoms with E-state index in [2.05, 4.69) is 94.1 Å². The van der Waals surface area contributed by atoms with E-state index >= 15 is 0 Å². The van der Waals surface area contributed by atoms with Gasteiger partial charge in [0.25, 0.3) is 0 Å². The highest BCUT2D eigenvalue weighted by Gasteiger charge is 2.19. The molecule has 50 heavy (non-hydrogen) atoms. The van der Waals surface area contributed by atoms with E-state index in [9.17, 15) is 15.8 Å². The maximum absolute atomic E-state index is 10.0. The van der Waals surface area contributed by atoms with Gasteiger partial charge < -0.3 is 9.13 Å². The topological polar surface area (TPSA) is 81.2 Å². The third-order valence-electron chi connectivity index (χ3n) is 9.64. The molecule has 0 unspecified atom stereocenters. The normalized spacial score (nSPS) is 11.1. The third-order valence-corrected chi connectivity index (χ3v) is 9.64. The van der Waals surface area contributed by atoms with Crippen LogP contribution >= 0.6 is 0 Å². The van der Waals surface area contributed by atoms with Gasteiger partial charge in [-0.05, 0) is 83.4 Å². The minimum atomic E-state index is 0.570. The molecule has 0 N–H and O–H groups in total. The van der Waals surface area contributed by atoms with Gasteiger partial charge in [-0.3, -0.25) is 0 Å². The Morgan fingerprint density at radius 3 is 1.74 bits per heavy atom. The van der Waals surface area contributed by atoms with E-state index in [1.54, 1.807) is 0 Å². The summed E-state index contributed by atoms with van der Waals surface area (Å²) in [5.41, 5.74) is 11.7. The number of nitriles is 3. The second kappa shape index (κ2) is 11.4. The summed E-state index contributed by atoms with van der Waals surface area (Å²) in [6.07, 6.45) is 0. The first-order valence-electron chi connectivity index (χ1n) is 16.3. The molecule has 0 amide bonds. The molecule has 0 aliphatic rings. The summed E-state index contributed by atoms with van der Waals surface area (Å²) in [4.78, 5) is 0. The number of para-hydroxylation sites is 3. The van der Waals surface area contributed by atoms with Crippen LogP contribution in [0.15, 0.2) is 152 Å². The third kappa shape index (κ3) is 4.31. The molecule has 0 saturated heterocycles. The van der Waals surface area contributed by atoms with Crippen molar-refractivity contribution in [3.05, 3.63) is 168 Å². The van der Waals surface area contributed by atoms with Gasteiger partial charge in [0.15, 0.2) is 0 Å². The van der Waals surface area contributed by atoms with E-state index in [-0.39, 0.29) is 0 Å². The first-order valence-corrected chi connectivity index (χ1v) is 16.3. The van der Waals surface area contributed by atoms with Crippen LogP contribution in [0.1, 0.15) is 16.7 Å². The lowest BCUT2D eigenvalue weighted by molar-refractivity contribution is 1.17. The molecule has 5 nitrogen and oxygen atoms in total. The van der Waals surface area contributed by atoms with E-state index in [1.807, 2.05) is 84.9 Å². The zero-order valence-electron chi connectivity index (χ0n) is 26.7. The summed E-state index contributed by atoms with van der Waals surface area (Å²) >= 11 is 0. The van der Waals surface area contributed by atoms with Crippen LogP contribution in [0.2, 0.25) is 0 Å². The molecule has 2 aromatic heterocycles. The fourth-order valence-corrected chi connectivity index (χ4v) is 7.46. The maximum Gasteiger partial charge on any atom is 0.101 e. The fraction of sp³-hybridized carbons (Fsp3) is 0. The molecular formula is C45H25N5. The van der Waals surface area contributed by atoms with Gasteiger partial charge in [0.05, 0.1) is 56.6 Å². The molecule has 0 aliphatic carbocycles. The molecule has 9 rings (SSSR count). The number of nitrogens with zero attached hydrogens (tertiary/aromatic N) is 5. The Kier molecular flexibility index (Phi) is 6.56. The van der Waals surface area contributed by atoms with Gasteiger partial charge in [0.2, 0.25) is 0 Å². The second-order valence-corrected chi connectivity index (χ2v) is 12.3. The monoisotopic (exact) mass is 635 g/mol. The van der Waals surface area contributed by atoms with E-state index in [0.717, 1.165) is 77.2 Å². The van der Waals surface area contributed by atoms with Gasteiger partial charge in [0, 0.05) is 32.8 Å². The highest BCUT2D eigenvalue weighted by molar-refractivity contribution is 6.12. The molecule has 0 fully saturated rings. The molecule has 5 heteroatoms. The lowest BCUT2D eigenvalue weighted by Crippen LogP contribution is -1.99. The molecule has 2 heterocycles. The summed E-state index contributed by atoms with van der Waals surface area (Å²) in [5.74, 6) is 0. The molecule has 0 saturated carbocycles. The molecule has 0 spiro atoms. The zero-order valence-corrected chi connectivity index (χ0v) is 26.7. The van der Waals surface area contributed by atoms with Crippen molar-refractivity contribution in [2.45, 2.75) is 0 Å². The zero-order chi connectivity index (χ0) is 33.8. The minimum absolute atomic E-state index is 0.570. The number of rotatable bonds is 4. The van der Waals surface area contributed by atoms with Gasteiger partial charge in [-0.25, -0.2) is 0 Å². The van der Waals surface area contributed by atoms with Gasteiger partial charge in [-0.15, -0.1) is 0 Å². The molecule has 7 aromatic carbocycles. The average Bonchev–Trinajstić information content (AvgIpc) is 3.70. The Labute approximate surface area is 287 Å². The van der Waals surface area contributed by atoms with Gasteiger partial charge in [0.1, 0.15) is 6.07 Å². The predicted molar refractivity (Wildman–Crippen MR) is 200 cm³/mol. The molecule has 230 valence electrons. The Bertz CT molecular complexity index is 2960. The van der Waals surface area contributed by atoms with Crippen molar-refractivity contribution in [3.63, 3.8) is 0 Å². The molecule has 0 radical (unpaired) electrons. The van der Waals surface area contributed by atoms with Crippen LogP contribution < -0.4 is 0 Å². The van der Waals surface area contributed by atoms with E-state index in [0.29, 0.717) is 16.7 Å². The first-order chi connectivity index (χ1) is 24.7. The molecule has 9 aromatic rings. The van der Waals surface area contributed by atoms with Crippen molar-refractivity contribution >= 4 is 43.6 Å². The average molecular weight is 636 g/mol. The number of hydrogen-bond acceptors (Lipinski definition) is 3. The lowest BCUT2D eigenvalue weighted by Gasteiger charge is -2.18. The molecular weight excluding hydrogens is 611 g/mol. The number of benzene rings is 7. The van der Waals surface area contributed by atoms with E-state index in [1.165, 1.54) is 0 Å². The van der Waals surface area contributed by atoms with Crippen LogP contribution in [0.5, 0.6) is 0 Å². The fourth-order valence-electron chi connectivity index (χ4n) is 7.46. The van der Waals surface area contributed by atoms with Crippen LogP contribution in [0.25, 0.3) is 77.2 Å². The van der Waals surface area contributed by atoms with Crippen molar-refractivity contribution in [3.8, 4) is 51.8 Å². The Hall–Kier alpha value is -7.39. The van der Waals surface area contributed by atoms with Gasteiger partial charge >= 0.3 is 0 Å². The first kappa shape index (κ1) is 28.8. The number of fused-ring (bicyclic) bond motifs is 6. The van der Waals surface area contributed by atoms with Crippen molar-refractivity contribution < 1.29 is 0 Å². The summed E-state index contributed by atoms with van der Waals surface area (Å²) in [7, 11) is 0. The highest BCUT2D eigenvalue weighted by atomic mass is 15.0. The van der Waals surface area contributed by atoms with Crippen LogP contribution in [0.4, 0.5) is 0 Å². The van der Waals surface area contributed by atoms with Crippen molar-refractivity contribution in [1.29, 1.82) is 15.8 Å². The van der Waals surface area contributed by atoms with Crippen molar-refractivity contribution in [1.82, 2.24) is 9.13 Å². The van der Waals surface area contributed by atoms with Crippen LogP contribution in [0, 0.1) is 34.0 Å². The van der Waals surface area contributed by atoms with Crippen molar-refractivity contribution in [2.75, 3.05) is 0 Å². The predicted octanol–water partition coefficient (Wildman–Crippen LogP) is 10.8. The Morgan fingerprint density at radius 2 is 1.00 bits per heavy atom.